The molecule has 0 amide bonds. The Morgan fingerprint density at radius 2 is 2.27 bits per heavy atom. The lowest BCUT2D eigenvalue weighted by atomic mass is 9.76. The molecule has 1 saturated heterocycles. The van der Waals surface area contributed by atoms with Gasteiger partial charge >= 0.3 is 0 Å². The third-order valence-corrected chi connectivity index (χ3v) is 2.70. The van der Waals surface area contributed by atoms with Crippen molar-refractivity contribution in [2.75, 3.05) is 7.11 Å². The lowest BCUT2D eigenvalue weighted by Gasteiger charge is -2.41. The van der Waals surface area contributed by atoms with Crippen LogP contribution in [-0.2, 0) is 9.47 Å². The molecule has 0 aromatic rings. The number of aliphatic hydroxyl groups is 1. The minimum atomic E-state index is -0.134. The third kappa shape index (κ3) is 1.17. The first kappa shape index (κ1) is 7.53. The maximum Gasteiger partial charge on any atom is 0.158 e. The number of methoxy groups -OCH3 is 1. The average molecular weight is 158 g/mol. The summed E-state index contributed by atoms with van der Waals surface area (Å²) in [5.74, 6) is 0. The van der Waals surface area contributed by atoms with Gasteiger partial charge < -0.3 is 14.6 Å². The Hall–Kier alpha value is -0.120. The predicted molar refractivity (Wildman–Crippen MR) is 39.1 cm³/mol. The van der Waals surface area contributed by atoms with Crippen LogP contribution in [0.3, 0.4) is 0 Å². The molecule has 1 spiro atoms. The van der Waals surface area contributed by atoms with Crippen molar-refractivity contribution in [2.45, 2.75) is 43.7 Å². The molecule has 2 rings (SSSR count). The zero-order chi connectivity index (χ0) is 7.90. The van der Waals surface area contributed by atoms with E-state index in [0.29, 0.717) is 0 Å². The van der Waals surface area contributed by atoms with Crippen LogP contribution in [0.25, 0.3) is 0 Å². The Labute approximate surface area is 66.3 Å². The summed E-state index contributed by atoms with van der Waals surface area (Å²) < 4.78 is 10.7. The van der Waals surface area contributed by atoms with Crippen molar-refractivity contribution in [1.29, 1.82) is 0 Å². The molecular weight excluding hydrogens is 144 g/mol. The summed E-state index contributed by atoms with van der Waals surface area (Å²) in [5.41, 5.74) is -0.0138. The van der Waals surface area contributed by atoms with Crippen molar-refractivity contribution in [1.82, 2.24) is 0 Å². The SMILES string of the molecule is CO[C@H]1CC[C@]2(C[C@@H](O)C2)O1. The lowest BCUT2D eigenvalue weighted by Crippen LogP contribution is -2.47. The molecule has 2 fully saturated rings. The van der Waals surface area contributed by atoms with Crippen molar-refractivity contribution >= 4 is 0 Å². The quantitative estimate of drug-likeness (QED) is 0.609. The minimum Gasteiger partial charge on any atom is -0.393 e. The van der Waals surface area contributed by atoms with Crippen LogP contribution in [0.15, 0.2) is 0 Å². The fourth-order valence-corrected chi connectivity index (χ4v) is 2.04. The molecule has 0 bridgehead atoms. The van der Waals surface area contributed by atoms with Gasteiger partial charge in [-0.15, -0.1) is 0 Å². The third-order valence-electron chi connectivity index (χ3n) is 2.70. The molecule has 0 radical (unpaired) electrons. The first-order valence-electron chi connectivity index (χ1n) is 4.13. The van der Waals surface area contributed by atoms with E-state index in [1.54, 1.807) is 7.11 Å². The lowest BCUT2D eigenvalue weighted by molar-refractivity contribution is -0.205. The maximum absolute atomic E-state index is 9.11. The molecule has 1 saturated carbocycles. The highest BCUT2D eigenvalue weighted by molar-refractivity contribution is 4.99. The zero-order valence-corrected chi connectivity index (χ0v) is 6.75. The largest absolute Gasteiger partial charge is 0.393 e. The predicted octanol–water partition coefficient (Wildman–Crippen LogP) is 0.663. The molecule has 1 aliphatic heterocycles. The molecular formula is C8H14O3. The van der Waals surface area contributed by atoms with Gasteiger partial charge in [0.05, 0.1) is 11.7 Å². The van der Waals surface area contributed by atoms with Crippen LogP contribution in [0.2, 0.25) is 0 Å². The number of hydrogen-bond donors (Lipinski definition) is 1. The van der Waals surface area contributed by atoms with E-state index < -0.39 is 0 Å². The van der Waals surface area contributed by atoms with Crippen LogP contribution < -0.4 is 0 Å². The van der Waals surface area contributed by atoms with Gasteiger partial charge in [-0.05, 0) is 6.42 Å². The molecule has 3 heteroatoms. The van der Waals surface area contributed by atoms with E-state index in [1.807, 2.05) is 0 Å². The second kappa shape index (κ2) is 2.44. The summed E-state index contributed by atoms with van der Waals surface area (Å²) in [6, 6.07) is 0. The minimum absolute atomic E-state index is 0.0138. The van der Waals surface area contributed by atoms with Gasteiger partial charge in [0, 0.05) is 26.4 Å². The molecule has 2 aliphatic rings. The van der Waals surface area contributed by atoms with Crippen molar-refractivity contribution < 1.29 is 14.6 Å². The Balaban J connectivity index is 1.89. The number of ether oxygens (including phenoxy) is 2. The molecule has 1 N–H and O–H groups in total. The summed E-state index contributed by atoms with van der Waals surface area (Å²) in [5, 5.41) is 9.11. The van der Waals surface area contributed by atoms with Crippen LogP contribution in [0.4, 0.5) is 0 Å². The van der Waals surface area contributed by atoms with Crippen molar-refractivity contribution in [3.05, 3.63) is 0 Å². The molecule has 1 heterocycles. The Kier molecular flexibility index (Phi) is 1.67. The van der Waals surface area contributed by atoms with Gasteiger partial charge in [0.25, 0.3) is 0 Å². The molecule has 3 nitrogen and oxygen atoms in total. The molecule has 0 aromatic carbocycles. The topological polar surface area (TPSA) is 38.7 Å². The van der Waals surface area contributed by atoms with Crippen molar-refractivity contribution in [3.8, 4) is 0 Å². The number of aliphatic hydroxyl groups excluding tert-OH is 1. The van der Waals surface area contributed by atoms with Gasteiger partial charge in [-0.3, -0.25) is 0 Å². The summed E-state index contributed by atoms with van der Waals surface area (Å²) >= 11 is 0. The summed E-state index contributed by atoms with van der Waals surface area (Å²) in [6.45, 7) is 0. The zero-order valence-electron chi connectivity index (χ0n) is 6.75. The fraction of sp³-hybridized carbons (Fsp3) is 1.00. The van der Waals surface area contributed by atoms with Crippen LogP contribution >= 0.6 is 0 Å². The summed E-state index contributed by atoms with van der Waals surface area (Å²) in [6.07, 6.45) is 3.46. The molecule has 1 aliphatic carbocycles. The first-order valence-corrected chi connectivity index (χ1v) is 4.13. The van der Waals surface area contributed by atoms with Crippen molar-refractivity contribution in [2.24, 2.45) is 0 Å². The number of rotatable bonds is 1. The van der Waals surface area contributed by atoms with Crippen LogP contribution in [0.1, 0.15) is 25.7 Å². The van der Waals surface area contributed by atoms with Gasteiger partial charge in [-0.2, -0.15) is 0 Å². The van der Waals surface area contributed by atoms with Gasteiger partial charge in [0.1, 0.15) is 0 Å². The molecule has 64 valence electrons. The molecule has 0 aromatic heterocycles. The van der Waals surface area contributed by atoms with E-state index in [2.05, 4.69) is 0 Å². The second-order valence-corrected chi connectivity index (χ2v) is 3.57. The summed E-state index contributed by atoms with van der Waals surface area (Å²) in [7, 11) is 1.67. The summed E-state index contributed by atoms with van der Waals surface area (Å²) in [4.78, 5) is 0. The van der Waals surface area contributed by atoms with Gasteiger partial charge in [0.2, 0.25) is 0 Å². The normalized spacial score (nSPS) is 49.6. The van der Waals surface area contributed by atoms with E-state index in [-0.39, 0.29) is 18.0 Å². The van der Waals surface area contributed by atoms with Crippen molar-refractivity contribution in [3.63, 3.8) is 0 Å². The Morgan fingerprint density at radius 1 is 1.55 bits per heavy atom. The number of hydrogen-bond acceptors (Lipinski definition) is 3. The Bertz CT molecular complexity index is 151. The molecule has 0 unspecified atom stereocenters. The van der Waals surface area contributed by atoms with E-state index in [9.17, 15) is 0 Å². The van der Waals surface area contributed by atoms with E-state index in [4.69, 9.17) is 14.6 Å². The van der Waals surface area contributed by atoms with E-state index >= 15 is 0 Å². The highest BCUT2D eigenvalue weighted by Crippen LogP contribution is 2.45. The van der Waals surface area contributed by atoms with E-state index in [1.165, 1.54) is 0 Å². The first-order chi connectivity index (χ1) is 5.24. The average Bonchev–Trinajstić information content (AvgIpc) is 2.31. The maximum atomic E-state index is 9.11. The smallest absolute Gasteiger partial charge is 0.158 e. The van der Waals surface area contributed by atoms with Gasteiger partial charge in [0.15, 0.2) is 6.29 Å². The van der Waals surface area contributed by atoms with Crippen LogP contribution in [0.5, 0.6) is 0 Å². The highest BCUT2D eigenvalue weighted by Gasteiger charge is 2.49. The second-order valence-electron chi connectivity index (χ2n) is 3.57. The van der Waals surface area contributed by atoms with Crippen LogP contribution in [0, 0.1) is 0 Å². The monoisotopic (exact) mass is 158 g/mol. The fourth-order valence-electron chi connectivity index (χ4n) is 2.04. The standard InChI is InChI=1S/C8H14O3/c1-10-7-2-3-8(11-7)4-6(9)5-8/h6-7,9H,2-5H2,1H3/t6-,7-,8-/m1/s1. The van der Waals surface area contributed by atoms with Gasteiger partial charge in [-0.1, -0.05) is 0 Å². The molecule has 11 heavy (non-hydrogen) atoms. The van der Waals surface area contributed by atoms with E-state index in [0.717, 1.165) is 25.7 Å². The molecule has 1 atom stereocenters. The van der Waals surface area contributed by atoms with Gasteiger partial charge in [-0.25, -0.2) is 0 Å². The van der Waals surface area contributed by atoms with Crippen LogP contribution in [-0.4, -0.2) is 30.2 Å². The highest BCUT2D eigenvalue weighted by atomic mass is 16.7. The Morgan fingerprint density at radius 3 is 2.73 bits per heavy atom.